The first-order chi connectivity index (χ1) is 14.5. The predicted molar refractivity (Wildman–Crippen MR) is 118 cm³/mol. The molecule has 30 heavy (non-hydrogen) atoms. The van der Waals surface area contributed by atoms with Crippen LogP contribution in [0, 0.1) is 6.92 Å². The number of carbonyl (C=O) groups excluding carboxylic acids is 2. The largest absolute Gasteiger partial charge is 0.455 e. The van der Waals surface area contributed by atoms with Gasteiger partial charge in [0.05, 0.1) is 5.69 Å². The van der Waals surface area contributed by atoms with E-state index in [1.54, 1.807) is 24.3 Å². The van der Waals surface area contributed by atoms with Crippen LogP contribution >= 0.6 is 0 Å². The normalized spacial score (nSPS) is 10.2. The number of anilines is 1. The third-order valence-corrected chi connectivity index (χ3v) is 4.36. The topological polar surface area (TPSA) is 79.5 Å². The maximum Gasteiger partial charge on any atom is 0.319 e. The minimum atomic E-state index is -0.344. The van der Waals surface area contributed by atoms with Crippen LogP contribution in [0.25, 0.3) is 0 Å². The van der Waals surface area contributed by atoms with Crippen molar-refractivity contribution in [1.82, 2.24) is 10.6 Å². The van der Waals surface area contributed by atoms with E-state index in [1.807, 2.05) is 62.4 Å². The summed E-state index contributed by atoms with van der Waals surface area (Å²) in [5.74, 6) is 1.15. The molecule has 0 heterocycles. The highest BCUT2D eigenvalue weighted by Crippen LogP contribution is 2.29. The Bertz CT molecular complexity index is 1020. The molecule has 0 unspecified atom stereocenters. The zero-order valence-corrected chi connectivity index (χ0v) is 17.1. The summed E-state index contributed by atoms with van der Waals surface area (Å²) in [6.07, 6.45) is 0. The highest BCUT2D eigenvalue weighted by Gasteiger charge is 2.09. The van der Waals surface area contributed by atoms with E-state index in [0.29, 0.717) is 35.8 Å². The number of aryl methyl sites for hydroxylation is 1. The van der Waals surface area contributed by atoms with Crippen molar-refractivity contribution in [2.24, 2.45) is 0 Å². The Kier molecular flexibility index (Phi) is 7.05. The molecule has 0 radical (unpaired) electrons. The zero-order valence-electron chi connectivity index (χ0n) is 17.1. The first-order valence-corrected chi connectivity index (χ1v) is 9.80. The minimum absolute atomic E-state index is 0.111. The van der Waals surface area contributed by atoms with E-state index in [9.17, 15) is 9.59 Å². The maximum atomic E-state index is 12.4. The Balaban J connectivity index is 1.58. The van der Waals surface area contributed by atoms with Gasteiger partial charge >= 0.3 is 6.03 Å². The summed E-state index contributed by atoms with van der Waals surface area (Å²) in [4.78, 5) is 24.2. The molecule has 0 atom stereocenters. The van der Waals surface area contributed by atoms with Crippen LogP contribution < -0.4 is 20.7 Å². The molecular formula is C24H25N3O3. The van der Waals surface area contributed by atoms with Gasteiger partial charge in [-0.2, -0.15) is 0 Å². The second kappa shape index (κ2) is 10.1. The van der Waals surface area contributed by atoms with Crippen molar-refractivity contribution in [3.8, 4) is 11.5 Å². The Hall–Kier alpha value is -3.80. The SMILES string of the molecule is CCNC(=O)c1ccc(CNC(=O)Nc2ccccc2Oc2cccc(C)c2)cc1. The maximum absolute atomic E-state index is 12.4. The summed E-state index contributed by atoms with van der Waals surface area (Å²) in [6.45, 7) is 4.78. The van der Waals surface area contributed by atoms with Crippen LogP contribution in [0.3, 0.4) is 0 Å². The van der Waals surface area contributed by atoms with Gasteiger partial charge in [-0.15, -0.1) is 0 Å². The minimum Gasteiger partial charge on any atom is -0.455 e. The highest BCUT2D eigenvalue weighted by atomic mass is 16.5. The van der Waals surface area contributed by atoms with Crippen molar-refractivity contribution < 1.29 is 14.3 Å². The second-order valence-electron chi connectivity index (χ2n) is 6.78. The molecule has 0 aliphatic carbocycles. The van der Waals surface area contributed by atoms with Crippen molar-refractivity contribution in [3.05, 3.63) is 89.5 Å². The Morgan fingerprint density at radius 1 is 0.900 bits per heavy atom. The molecule has 3 amide bonds. The number of hydrogen-bond acceptors (Lipinski definition) is 3. The standard InChI is InChI=1S/C24H25N3O3/c1-3-25-23(28)19-13-11-18(12-14-19)16-26-24(29)27-21-9-4-5-10-22(21)30-20-8-6-7-17(2)15-20/h4-15H,3,16H2,1-2H3,(H,25,28)(H2,26,27,29). The monoisotopic (exact) mass is 403 g/mol. The molecule has 0 saturated carbocycles. The van der Waals surface area contributed by atoms with Crippen molar-refractivity contribution >= 4 is 17.6 Å². The first-order valence-electron chi connectivity index (χ1n) is 9.80. The van der Waals surface area contributed by atoms with E-state index in [1.165, 1.54) is 0 Å². The molecule has 0 fully saturated rings. The van der Waals surface area contributed by atoms with E-state index in [2.05, 4.69) is 16.0 Å². The smallest absolute Gasteiger partial charge is 0.319 e. The molecule has 3 rings (SSSR count). The molecule has 0 aliphatic rings. The second-order valence-corrected chi connectivity index (χ2v) is 6.78. The van der Waals surface area contributed by atoms with Crippen LogP contribution in [0.2, 0.25) is 0 Å². The number of ether oxygens (including phenoxy) is 1. The molecule has 6 nitrogen and oxygen atoms in total. The molecule has 0 aromatic heterocycles. The summed E-state index contributed by atoms with van der Waals surface area (Å²) in [6, 6.07) is 21.8. The van der Waals surface area contributed by atoms with Crippen molar-refractivity contribution in [3.63, 3.8) is 0 Å². The van der Waals surface area contributed by atoms with Gasteiger partial charge in [0.1, 0.15) is 5.75 Å². The number of nitrogens with one attached hydrogen (secondary N) is 3. The van der Waals surface area contributed by atoms with Gasteiger partial charge < -0.3 is 20.7 Å². The average molecular weight is 403 g/mol. The van der Waals surface area contributed by atoms with E-state index in [4.69, 9.17) is 4.74 Å². The molecule has 3 N–H and O–H groups in total. The summed E-state index contributed by atoms with van der Waals surface area (Å²) >= 11 is 0. The van der Waals surface area contributed by atoms with Gasteiger partial charge in [0.2, 0.25) is 0 Å². The Labute approximate surface area is 176 Å². The van der Waals surface area contributed by atoms with Gasteiger partial charge in [-0.3, -0.25) is 4.79 Å². The Morgan fingerprint density at radius 3 is 2.40 bits per heavy atom. The first kappa shape index (κ1) is 20.9. The zero-order chi connectivity index (χ0) is 21.3. The quantitative estimate of drug-likeness (QED) is 0.527. The van der Waals surface area contributed by atoms with E-state index in [0.717, 1.165) is 11.1 Å². The van der Waals surface area contributed by atoms with Crippen molar-refractivity contribution in [2.75, 3.05) is 11.9 Å². The van der Waals surface area contributed by atoms with E-state index < -0.39 is 0 Å². The molecule has 0 spiro atoms. The number of rotatable bonds is 7. The number of amides is 3. The number of carbonyl (C=O) groups is 2. The van der Waals surface area contributed by atoms with Gasteiger partial charge in [0.25, 0.3) is 5.91 Å². The summed E-state index contributed by atoms with van der Waals surface area (Å²) in [7, 11) is 0. The highest BCUT2D eigenvalue weighted by molar-refractivity contribution is 5.94. The van der Waals surface area contributed by atoms with Gasteiger partial charge in [-0.05, 0) is 61.4 Å². The van der Waals surface area contributed by atoms with Crippen LogP contribution in [0.5, 0.6) is 11.5 Å². The lowest BCUT2D eigenvalue weighted by Gasteiger charge is -2.13. The van der Waals surface area contributed by atoms with Crippen LogP contribution in [-0.4, -0.2) is 18.5 Å². The fraction of sp³-hybridized carbons (Fsp3) is 0.167. The molecule has 3 aromatic rings. The van der Waals surface area contributed by atoms with Gasteiger partial charge in [0.15, 0.2) is 5.75 Å². The predicted octanol–water partition coefficient (Wildman–Crippen LogP) is 4.86. The summed E-state index contributed by atoms with van der Waals surface area (Å²) in [5, 5.41) is 8.39. The van der Waals surface area contributed by atoms with Gasteiger partial charge in [-0.1, -0.05) is 36.4 Å². The fourth-order valence-corrected chi connectivity index (χ4v) is 2.85. The van der Waals surface area contributed by atoms with Crippen molar-refractivity contribution in [2.45, 2.75) is 20.4 Å². The number of para-hydroxylation sites is 2. The van der Waals surface area contributed by atoms with Crippen LogP contribution in [0.15, 0.2) is 72.8 Å². The third kappa shape index (κ3) is 5.85. The fourth-order valence-electron chi connectivity index (χ4n) is 2.85. The average Bonchev–Trinajstić information content (AvgIpc) is 2.74. The lowest BCUT2D eigenvalue weighted by Crippen LogP contribution is -2.28. The molecule has 0 aliphatic heterocycles. The van der Waals surface area contributed by atoms with Crippen LogP contribution in [0.4, 0.5) is 10.5 Å². The Morgan fingerprint density at radius 2 is 1.67 bits per heavy atom. The van der Waals surface area contributed by atoms with Crippen LogP contribution in [0.1, 0.15) is 28.4 Å². The van der Waals surface area contributed by atoms with E-state index in [-0.39, 0.29) is 11.9 Å². The molecular weight excluding hydrogens is 378 g/mol. The molecule has 0 saturated heterocycles. The molecule has 0 bridgehead atoms. The molecule has 6 heteroatoms. The molecule has 154 valence electrons. The summed E-state index contributed by atoms with van der Waals surface area (Å²) < 4.78 is 5.93. The van der Waals surface area contributed by atoms with Gasteiger partial charge in [-0.25, -0.2) is 4.79 Å². The molecule has 3 aromatic carbocycles. The van der Waals surface area contributed by atoms with E-state index >= 15 is 0 Å². The van der Waals surface area contributed by atoms with Crippen LogP contribution in [-0.2, 0) is 6.54 Å². The summed E-state index contributed by atoms with van der Waals surface area (Å²) in [5.41, 5.74) is 3.15. The number of hydrogen-bond donors (Lipinski definition) is 3. The lowest BCUT2D eigenvalue weighted by atomic mass is 10.1. The number of benzene rings is 3. The third-order valence-electron chi connectivity index (χ3n) is 4.36. The van der Waals surface area contributed by atoms with Crippen molar-refractivity contribution in [1.29, 1.82) is 0 Å². The van der Waals surface area contributed by atoms with Gasteiger partial charge in [0, 0.05) is 18.7 Å². The number of urea groups is 1. The lowest BCUT2D eigenvalue weighted by molar-refractivity contribution is 0.0955.